The van der Waals surface area contributed by atoms with Gasteiger partial charge >= 0.3 is 0 Å². The van der Waals surface area contributed by atoms with Crippen LogP contribution in [0.1, 0.15) is 12.8 Å². The van der Waals surface area contributed by atoms with Crippen molar-refractivity contribution in [2.45, 2.75) is 18.9 Å². The van der Waals surface area contributed by atoms with Gasteiger partial charge in [0, 0.05) is 12.6 Å². The molecule has 1 fully saturated rings. The third-order valence-electron chi connectivity index (χ3n) is 1.75. The number of rotatable bonds is 2. The summed E-state index contributed by atoms with van der Waals surface area (Å²) in [5.41, 5.74) is 0. The standard InChI is InChI=1S/C7H16N2.2ClH/c1-9(2)6-7-4-3-5-8-7;;/h7-8H,3-6H2,1-2H3;2*1H/t7-;;/m1../s1. The van der Waals surface area contributed by atoms with Crippen LogP contribution in [-0.4, -0.2) is 38.1 Å². The summed E-state index contributed by atoms with van der Waals surface area (Å²) in [5, 5.41) is 3.45. The maximum absolute atomic E-state index is 3.45. The monoisotopic (exact) mass is 200 g/mol. The number of hydrogen-bond acceptors (Lipinski definition) is 2. The Balaban J connectivity index is 0. The van der Waals surface area contributed by atoms with Crippen molar-refractivity contribution in [2.75, 3.05) is 27.2 Å². The third-order valence-corrected chi connectivity index (χ3v) is 1.75. The van der Waals surface area contributed by atoms with Crippen LogP contribution in [0.25, 0.3) is 0 Å². The predicted molar refractivity (Wildman–Crippen MR) is 54.1 cm³/mol. The summed E-state index contributed by atoms with van der Waals surface area (Å²) in [6.45, 7) is 2.42. The van der Waals surface area contributed by atoms with Crippen LogP contribution in [0, 0.1) is 0 Å². The molecule has 4 heteroatoms. The van der Waals surface area contributed by atoms with Crippen molar-refractivity contribution >= 4 is 24.8 Å². The van der Waals surface area contributed by atoms with Gasteiger partial charge in [-0.25, -0.2) is 0 Å². The van der Waals surface area contributed by atoms with E-state index in [0.29, 0.717) is 0 Å². The summed E-state index contributed by atoms with van der Waals surface area (Å²) in [5.74, 6) is 0. The topological polar surface area (TPSA) is 15.3 Å². The lowest BCUT2D eigenvalue weighted by Crippen LogP contribution is -2.33. The summed E-state index contributed by atoms with van der Waals surface area (Å²) >= 11 is 0. The molecule has 1 aliphatic rings. The molecule has 0 radical (unpaired) electrons. The normalized spacial score (nSPS) is 22.6. The first-order valence-electron chi connectivity index (χ1n) is 3.67. The van der Waals surface area contributed by atoms with Crippen molar-refractivity contribution in [3.8, 4) is 0 Å². The van der Waals surface area contributed by atoms with Crippen LogP contribution in [0.2, 0.25) is 0 Å². The Bertz CT molecular complexity index is 82.5. The van der Waals surface area contributed by atoms with E-state index in [0.717, 1.165) is 6.04 Å². The Labute approximate surface area is 81.5 Å². The lowest BCUT2D eigenvalue weighted by Gasteiger charge is -2.15. The lowest BCUT2D eigenvalue weighted by molar-refractivity contribution is 0.357. The molecule has 1 atom stereocenters. The van der Waals surface area contributed by atoms with Gasteiger partial charge in [-0.2, -0.15) is 0 Å². The van der Waals surface area contributed by atoms with Gasteiger partial charge in [0.1, 0.15) is 0 Å². The molecule has 0 aromatic heterocycles. The second kappa shape index (κ2) is 7.17. The molecular weight excluding hydrogens is 183 g/mol. The van der Waals surface area contributed by atoms with Gasteiger partial charge in [0.25, 0.3) is 0 Å². The largest absolute Gasteiger partial charge is 0.313 e. The molecule has 0 aliphatic carbocycles. The van der Waals surface area contributed by atoms with Crippen LogP contribution in [0.15, 0.2) is 0 Å². The molecule has 0 aromatic rings. The second-order valence-electron chi connectivity index (χ2n) is 3.06. The van der Waals surface area contributed by atoms with E-state index in [9.17, 15) is 0 Å². The van der Waals surface area contributed by atoms with Gasteiger partial charge < -0.3 is 10.2 Å². The molecule has 2 nitrogen and oxygen atoms in total. The van der Waals surface area contributed by atoms with Crippen LogP contribution in [-0.2, 0) is 0 Å². The van der Waals surface area contributed by atoms with Gasteiger partial charge in [-0.15, -0.1) is 24.8 Å². The summed E-state index contributed by atoms with van der Waals surface area (Å²) < 4.78 is 0. The minimum absolute atomic E-state index is 0. The Kier molecular flexibility index (Phi) is 9.15. The van der Waals surface area contributed by atoms with Gasteiger partial charge in [-0.1, -0.05) is 0 Å². The average molecular weight is 201 g/mol. The van der Waals surface area contributed by atoms with Crippen molar-refractivity contribution in [3.05, 3.63) is 0 Å². The number of likely N-dealkylation sites (N-methyl/N-ethyl adjacent to an activating group) is 1. The fourth-order valence-corrected chi connectivity index (χ4v) is 1.35. The van der Waals surface area contributed by atoms with Crippen molar-refractivity contribution in [3.63, 3.8) is 0 Å². The highest BCUT2D eigenvalue weighted by Gasteiger charge is 2.13. The second-order valence-corrected chi connectivity index (χ2v) is 3.06. The molecule has 11 heavy (non-hydrogen) atoms. The SMILES string of the molecule is CN(C)C[C@H]1CCCN1.Cl.Cl. The number of nitrogens with zero attached hydrogens (tertiary/aromatic N) is 1. The maximum Gasteiger partial charge on any atom is 0.0195 e. The smallest absolute Gasteiger partial charge is 0.0195 e. The number of hydrogen-bond donors (Lipinski definition) is 1. The Morgan fingerprint density at radius 3 is 2.36 bits per heavy atom. The Hall–Kier alpha value is 0.500. The zero-order valence-corrected chi connectivity index (χ0v) is 8.80. The Morgan fingerprint density at radius 2 is 2.00 bits per heavy atom. The first-order valence-corrected chi connectivity index (χ1v) is 3.67. The van der Waals surface area contributed by atoms with Crippen molar-refractivity contribution in [1.29, 1.82) is 0 Å². The molecule has 1 N–H and O–H groups in total. The minimum Gasteiger partial charge on any atom is -0.313 e. The molecule has 1 saturated heterocycles. The molecule has 0 amide bonds. The fourth-order valence-electron chi connectivity index (χ4n) is 1.35. The van der Waals surface area contributed by atoms with Crippen LogP contribution >= 0.6 is 24.8 Å². The molecule has 70 valence electrons. The minimum atomic E-state index is 0. The number of halogens is 2. The first kappa shape index (κ1) is 14.0. The summed E-state index contributed by atoms with van der Waals surface area (Å²) in [6.07, 6.45) is 2.72. The molecule has 1 rings (SSSR count). The van der Waals surface area contributed by atoms with Crippen molar-refractivity contribution in [2.24, 2.45) is 0 Å². The van der Waals surface area contributed by atoms with E-state index in [-0.39, 0.29) is 24.8 Å². The molecule has 0 spiro atoms. The molecule has 0 bridgehead atoms. The van der Waals surface area contributed by atoms with Gasteiger partial charge in [-0.3, -0.25) is 0 Å². The maximum atomic E-state index is 3.45. The highest BCUT2D eigenvalue weighted by Crippen LogP contribution is 2.04. The average Bonchev–Trinajstić information content (AvgIpc) is 2.15. The third kappa shape index (κ3) is 5.74. The fraction of sp³-hybridized carbons (Fsp3) is 1.00. The van der Waals surface area contributed by atoms with Crippen LogP contribution in [0.4, 0.5) is 0 Å². The lowest BCUT2D eigenvalue weighted by atomic mass is 10.2. The number of nitrogens with one attached hydrogen (secondary N) is 1. The zero-order chi connectivity index (χ0) is 6.69. The molecule has 0 saturated carbocycles. The van der Waals surface area contributed by atoms with Crippen LogP contribution in [0.5, 0.6) is 0 Å². The van der Waals surface area contributed by atoms with Gasteiger partial charge in [0.2, 0.25) is 0 Å². The van der Waals surface area contributed by atoms with Crippen LogP contribution in [0.3, 0.4) is 0 Å². The quantitative estimate of drug-likeness (QED) is 0.720. The summed E-state index contributed by atoms with van der Waals surface area (Å²) in [7, 11) is 4.25. The molecule has 1 aliphatic heterocycles. The van der Waals surface area contributed by atoms with E-state index < -0.39 is 0 Å². The van der Waals surface area contributed by atoms with E-state index in [1.165, 1.54) is 25.9 Å². The highest BCUT2D eigenvalue weighted by atomic mass is 35.5. The van der Waals surface area contributed by atoms with E-state index in [1.54, 1.807) is 0 Å². The van der Waals surface area contributed by atoms with Crippen molar-refractivity contribution < 1.29 is 0 Å². The molecular formula is C7H18Cl2N2. The predicted octanol–water partition coefficient (Wildman–Crippen LogP) is 1.14. The molecule has 0 aromatic carbocycles. The molecule has 1 heterocycles. The van der Waals surface area contributed by atoms with E-state index in [1.807, 2.05) is 0 Å². The summed E-state index contributed by atoms with van der Waals surface area (Å²) in [4.78, 5) is 2.24. The van der Waals surface area contributed by atoms with Gasteiger partial charge in [0.15, 0.2) is 0 Å². The van der Waals surface area contributed by atoms with E-state index in [4.69, 9.17) is 0 Å². The Morgan fingerprint density at radius 1 is 1.36 bits per heavy atom. The van der Waals surface area contributed by atoms with Crippen LogP contribution < -0.4 is 5.32 Å². The zero-order valence-electron chi connectivity index (χ0n) is 7.17. The first-order chi connectivity index (χ1) is 4.29. The van der Waals surface area contributed by atoms with E-state index in [2.05, 4.69) is 24.3 Å². The summed E-state index contributed by atoms with van der Waals surface area (Å²) in [6, 6.07) is 0.764. The van der Waals surface area contributed by atoms with Gasteiger partial charge in [-0.05, 0) is 33.5 Å². The molecule has 0 unspecified atom stereocenters. The van der Waals surface area contributed by atoms with Gasteiger partial charge in [0.05, 0.1) is 0 Å². The van der Waals surface area contributed by atoms with E-state index >= 15 is 0 Å². The van der Waals surface area contributed by atoms with Crippen molar-refractivity contribution in [1.82, 2.24) is 10.2 Å². The highest BCUT2D eigenvalue weighted by molar-refractivity contribution is 5.85.